The first-order valence-corrected chi connectivity index (χ1v) is 5.16. The van der Waals surface area contributed by atoms with Crippen molar-refractivity contribution >= 4 is 0 Å². The van der Waals surface area contributed by atoms with E-state index in [2.05, 4.69) is 5.32 Å². The van der Waals surface area contributed by atoms with Crippen molar-refractivity contribution < 1.29 is 8.78 Å². The highest BCUT2D eigenvalue weighted by molar-refractivity contribution is 4.70. The first-order chi connectivity index (χ1) is 6.08. The average molecular weight is 191 g/mol. The standard InChI is InChI=1S/C10H19F2N/c1-10(11,12)8-13-7-9-5-3-2-4-6-9/h9,13H,2-8H2,1H3. The third kappa shape index (κ3) is 5.19. The largest absolute Gasteiger partial charge is 0.311 e. The Bertz CT molecular complexity index is 136. The second-order valence-corrected chi connectivity index (χ2v) is 4.21. The highest BCUT2D eigenvalue weighted by atomic mass is 19.3. The fraction of sp³-hybridized carbons (Fsp3) is 1.00. The third-order valence-corrected chi connectivity index (χ3v) is 2.59. The van der Waals surface area contributed by atoms with Crippen LogP contribution in [-0.2, 0) is 0 Å². The van der Waals surface area contributed by atoms with Gasteiger partial charge in [-0.05, 0) is 25.3 Å². The van der Waals surface area contributed by atoms with Crippen molar-refractivity contribution in [2.45, 2.75) is 45.0 Å². The van der Waals surface area contributed by atoms with E-state index >= 15 is 0 Å². The van der Waals surface area contributed by atoms with Gasteiger partial charge in [0.2, 0.25) is 0 Å². The molecule has 0 amide bonds. The maximum atomic E-state index is 12.4. The smallest absolute Gasteiger partial charge is 0.257 e. The third-order valence-electron chi connectivity index (χ3n) is 2.59. The number of hydrogen-bond donors (Lipinski definition) is 1. The quantitative estimate of drug-likeness (QED) is 0.720. The van der Waals surface area contributed by atoms with Crippen LogP contribution in [0.1, 0.15) is 39.0 Å². The minimum Gasteiger partial charge on any atom is -0.311 e. The van der Waals surface area contributed by atoms with E-state index in [0.717, 1.165) is 13.5 Å². The number of rotatable bonds is 4. The summed E-state index contributed by atoms with van der Waals surface area (Å²) in [5, 5.41) is 2.85. The van der Waals surface area contributed by atoms with Gasteiger partial charge in [-0.2, -0.15) is 0 Å². The van der Waals surface area contributed by atoms with Gasteiger partial charge in [-0.3, -0.25) is 0 Å². The van der Waals surface area contributed by atoms with Gasteiger partial charge in [0.15, 0.2) is 0 Å². The van der Waals surface area contributed by atoms with E-state index in [1.807, 2.05) is 0 Å². The van der Waals surface area contributed by atoms with Crippen molar-refractivity contribution in [3.05, 3.63) is 0 Å². The second-order valence-electron chi connectivity index (χ2n) is 4.21. The molecule has 0 saturated heterocycles. The molecule has 1 fully saturated rings. The zero-order chi connectivity index (χ0) is 9.73. The van der Waals surface area contributed by atoms with Crippen LogP contribution in [0.15, 0.2) is 0 Å². The molecule has 0 aliphatic heterocycles. The fourth-order valence-electron chi connectivity index (χ4n) is 1.89. The van der Waals surface area contributed by atoms with E-state index in [9.17, 15) is 8.78 Å². The maximum absolute atomic E-state index is 12.4. The van der Waals surface area contributed by atoms with Gasteiger partial charge in [0.1, 0.15) is 0 Å². The van der Waals surface area contributed by atoms with Crippen LogP contribution in [0.5, 0.6) is 0 Å². The van der Waals surface area contributed by atoms with Gasteiger partial charge in [0, 0.05) is 6.92 Å². The molecule has 0 aromatic heterocycles. The Morgan fingerprint density at radius 1 is 1.23 bits per heavy atom. The summed E-state index contributed by atoms with van der Waals surface area (Å²) in [5.41, 5.74) is 0. The summed E-state index contributed by atoms with van der Waals surface area (Å²) >= 11 is 0. The monoisotopic (exact) mass is 191 g/mol. The Labute approximate surface area is 78.9 Å². The molecule has 1 aliphatic rings. The van der Waals surface area contributed by atoms with Crippen LogP contribution in [-0.4, -0.2) is 19.0 Å². The lowest BCUT2D eigenvalue weighted by atomic mass is 9.89. The van der Waals surface area contributed by atoms with Crippen molar-refractivity contribution in [3.63, 3.8) is 0 Å². The summed E-state index contributed by atoms with van der Waals surface area (Å²) in [4.78, 5) is 0. The lowest BCUT2D eigenvalue weighted by molar-refractivity contribution is 0.0216. The van der Waals surface area contributed by atoms with E-state index in [1.165, 1.54) is 32.1 Å². The molecule has 0 bridgehead atoms. The highest BCUT2D eigenvalue weighted by Crippen LogP contribution is 2.22. The predicted molar refractivity (Wildman–Crippen MR) is 50.1 cm³/mol. The molecule has 1 rings (SSSR count). The normalized spacial score (nSPS) is 20.5. The average Bonchev–Trinajstić information content (AvgIpc) is 2.04. The molecule has 1 saturated carbocycles. The Hall–Kier alpha value is -0.180. The molecule has 1 nitrogen and oxygen atoms in total. The van der Waals surface area contributed by atoms with Crippen LogP contribution in [0.4, 0.5) is 8.78 Å². The van der Waals surface area contributed by atoms with E-state index in [4.69, 9.17) is 0 Å². The molecule has 3 heteroatoms. The number of halogens is 2. The van der Waals surface area contributed by atoms with E-state index < -0.39 is 5.92 Å². The SMILES string of the molecule is CC(F)(F)CNCC1CCCCC1. The number of alkyl halides is 2. The summed E-state index contributed by atoms with van der Waals surface area (Å²) in [7, 11) is 0. The predicted octanol–water partition coefficient (Wildman–Crippen LogP) is 2.81. The minimum atomic E-state index is -2.56. The van der Waals surface area contributed by atoms with Crippen LogP contribution in [0.25, 0.3) is 0 Å². The maximum Gasteiger partial charge on any atom is 0.257 e. The van der Waals surface area contributed by atoms with Crippen molar-refractivity contribution in [3.8, 4) is 0 Å². The van der Waals surface area contributed by atoms with Gasteiger partial charge in [0.25, 0.3) is 5.92 Å². The zero-order valence-corrected chi connectivity index (χ0v) is 8.28. The topological polar surface area (TPSA) is 12.0 Å². The number of hydrogen-bond acceptors (Lipinski definition) is 1. The molecule has 0 radical (unpaired) electrons. The summed E-state index contributed by atoms with van der Waals surface area (Å²) in [6.45, 7) is 1.55. The molecule has 0 spiro atoms. The minimum absolute atomic E-state index is 0.177. The molecule has 0 heterocycles. The summed E-state index contributed by atoms with van der Waals surface area (Å²) in [6, 6.07) is 0. The van der Waals surface area contributed by atoms with Crippen molar-refractivity contribution in [1.82, 2.24) is 5.32 Å². The van der Waals surface area contributed by atoms with Gasteiger partial charge < -0.3 is 5.32 Å². The van der Waals surface area contributed by atoms with Gasteiger partial charge in [-0.15, -0.1) is 0 Å². The van der Waals surface area contributed by atoms with E-state index in [1.54, 1.807) is 0 Å². The second kappa shape index (κ2) is 4.89. The lowest BCUT2D eigenvalue weighted by Crippen LogP contribution is -2.33. The van der Waals surface area contributed by atoms with Crippen molar-refractivity contribution in [2.75, 3.05) is 13.1 Å². The fourth-order valence-corrected chi connectivity index (χ4v) is 1.89. The van der Waals surface area contributed by atoms with Crippen LogP contribution >= 0.6 is 0 Å². The van der Waals surface area contributed by atoms with E-state index in [0.29, 0.717) is 5.92 Å². The molecule has 0 atom stereocenters. The molecule has 1 N–H and O–H groups in total. The summed E-state index contributed by atoms with van der Waals surface area (Å²) in [5.74, 6) is -1.93. The molecule has 0 aromatic rings. The van der Waals surface area contributed by atoms with Gasteiger partial charge in [-0.25, -0.2) is 8.78 Å². The molecule has 0 aromatic carbocycles. The Morgan fingerprint density at radius 2 is 1.85 bits per heavy atom. The molecule has 13 heavy (non-hydrogen) atoms. The van der Waals surface area contributed by atoms with Crippen LogP contribution in [0, 0.1) is 5.92 Å². The van der Waals surface area contributed by atoms with Crippen molar-refractivity contribution in [2.24, 2.45) is 5.92 Å². The molecule has 0 unspecified atom stereocenters. The van der Waals surface area contributed by atoms with Gasteiger partial charge >= 0.3 is 0 Å². The molecule has 1 aliphatic carbocycles. The molecular weight excluding hydrogens is 172 g/mol. The number of nitrogens with one attached hydrogen (secondary N) is 1. The van der Waals surface area contributed by atoms with Crippen molar-refractivity contribution in [1.29, 1.82) is 0 Å². The Kier molecular flexibility index (Phi) is 4.10. The molecular formula is C10H19F2N. The van der Waals surface area contributed by atoms with E-state index in [-0.39, 0.29) is 6.54 Å². The first kappa shape index (κ1) is 10.9. The van der Waals surface area contributed by atoms with Crippen LogP contribution in [0.2, 0.25) is 0 Å². The Balaban J connectivity index is 2.04. The Morgan fingerprint density at radius 3 is 2.38 bits per heavy atom. The van der Waals surface area contributed by atoms with Crippen LogP contribution < -0.4 is 5.32 Å². The lowest BCUT2D eigenvalue weighted by Gasteiger charge is -2.22. The molecule has 78 valence electrons. The van der Waals surface area contributed by atoms with Crippen LogP contribution in [0.3, 0.4) is 0 Å². The first-order valence-electron chi connectivity index (χ1n) is 5.16. The highest BCUT2D eigenvalue weighted by Gasteiger charge is 2.21. The summed E-state index contributed by atoms with van der Waals surface area (Å²) < 4.78 is 24.8. The summed E-state index contributed by atoms with van der Waals surface area (Å²) in [6.07, 6.45) is 6.29. The van der Waals surface area contributed by atoms with Gasteiger partial charge in [-0.1, -0.05) is 19.3 Å². The zero-order valence-electron chi connectivity index (χ0n) is 8.28. The van der Waals surface area contributed by atoms with Gasteiger partial charge in [0.05, 0.1) is 6.54 Å².